The zero-order valence-electron chi connectivity index (χ0n) is 17.0. The van der Waals surface area contributed by atoms with Crippen molar-refractivity contribution in [3.63, 3.8) is 0 Å². The fourth-order valence-electron chi connectivity index (χ4n) is 4.25. The van der Waals surface area contributed by atoms with Gasteiger partial charge in [-0.1, -0.05) is 41.9 Å². The fourth-order valence-corrected chi connectivity index (χ4v) is 4.47. The van der Waals surface area contributed by atoms with Crippen LogP contribution in [0.4, 0.5) is 0 Å². The maximum atomic E-state index is 12.0. The number of benzene rings is 2. The van der Waals surface area contributed by atoms with Crippen LogP contribution in [0, 0.1) is 5.92 Å². The van der Waals surface area contributed by atoms with E-state index in [1.807, 2.05) is 42.5 Å². The number of methoxy groups -OCH3 is 1. The van der Waals surface area contributed by atoms with Crippen molar-refractivity contribution in [2.24, 2.45) is 5.92 Å². The third-order valence-electron chi connectivity index (χ3n) is 5.64. The highest BCUT2D eigenvalue weighted by Crippen LogP contribution is 2.42. The summed E-state index contributed by atoms with van der Waals surface area (Å²) >= 11 is 6.21. The van der Waals surface area contributed by atoms with Gasteiger partial charge in [0.1, 0.15) is 5.75 Å². The van der Waals surface area contributed by atoms with Gasteiger partial charge in [0.05, 0.1) is 12.7 Å². The van der Waals surface area contributed by atoms with Gasteiger partial charge in [-0.3, -0.25) is 0 Å². The third kappa shape index (κ3) is 4.96. The van der Waals surface area contributed by atoms with Gasteiger partial charge in [0, 0.05) is 23.9 Å². The maximum Gasteiger partial charge on any atom is 0.118 e. The molecule has 0 bridgehead atoms. The van der Waals surface area contributed by atoms with Crippen LogP contribution in [0.2, 0.25) is 5.02 Å². The summed E-state index contributed by atoms with van der Waals surface area (Å²) in [4.78, 5) is 2.17. The predicted octanol–water partition coefficient (Wildman–Crippen LogP) is 5.07. The van der Waals surface area contributed by atoms with E-state index in [1.165, 1.54) is 0 Å². The zero-order valence-corrected chi connectivity index (χ0v) is 17.7. The van der Waals surface area contributed by atoms with Crippen LogP contribution in [0.3, 0.4) is 0 Å². The lowest BCUT2D eigenvalue weighted by molar-refractivity contribution is -0.0123. The molecule has 1 aliphatic rings. The first kappa shape index (κ1) is 20.9. The van der Waals surface area contributed by atoms with Crippen LogP contribution < -0.4 is 4.74 Å². The summed E-state index contributed by atoms with van der Waals surface area (Å²) in [5, 5.41) is 12.7. The van der Waals surface area contributed by atoms with Crippen LogP contribution in [0.15, 0.2) is 54.1 Å². The van der Waals surface area contributed by atoms with E-state index in [4.69, 9.17) is 16.3 Å². The summed E-state index contributed by atoms with van der Waals surface area (Å²) in [7, 11) is 5.81. The Kier molecular flexibility index (Phi) is 6.82. The molecule has 0 amide bonds. The van der Waals surface area contributed by atoms with Gasteiger partial charge in [0.15, 0.2) is 0 Å². The highest BCUT2D eigenvalue weighted by Gasteiger charge is 2.42. The lowest BCUT2D eigenvalue weighted by Gasteiger charge is -2.43. The van der Waals surface area contributed by atoms with Crippen LogP contribution in [0.5, 0.6) is 5.75 Å². The van der Waals surface area contributed by atoms with Crippen LogP contribution in [-0.2, 0) is 6.42 Å². The summed E-state index contributed by atoms with van der Waals surface area (Å²) in [6.07, 6.45) is 5.76. The molecule has 1 N–H and O–H groups in total. The van der Waals surface area contributed by atoms with Gasteiger partial charge in [-0.15, -0.1) is 0 Å². The van der Waals surface area contributed by atoms with Gasteiger partial charge in [-0.2, -0.15) is 0 Å². The van der Waals surface area contributed by atoms with Crippen molar-refractivity contribution in [3.05, 3.63) is 70.3 Å². The Balaban J connectivity index is 1.97. The largest absolute Gasteiger partial charge is 0.497 e. The van der Waals surface area contributed by atoms with Crippen LogP contribution in [-0.4, -0.2) is 43.4 Å². The number of rotatable bonds is 6. The predicted molar refractivity (Wildman–Crippen MR) is 117 cm³/mol. The molecule has 2 unspecified atom stereocenters. The molecule has 28 heavy (non-hydrogen) atoms. The van der Waals surface area contributed by atoms with Crippen LogP contribution >= 0.6 is 11.6 Å². The second-order valence-corrected chi connectivity index (χ2v) is 8.46. The molecule has 2 aromatic rings. The summed E-state index contributed by atoms with van der Waals surface area (Å²) < 4.78 is 5.26. The summed E-state index contributed by atoms with van der Waals surface area (Å²) in [5.74, 6) is 1.02. The highest BCUT2D eigenvalue weighted by molar-refractivity contribution is 6.30. The molecule has 0 aliphatic heterocycles. The minimum atomic E-state index is -0.882. The Morgan fingerprint density at radius 1 is 1.21 bits per heavy atom. The third-order valence-corrected chi connectivity index (χ3v) is 5.87. The maximum absolute atomic E-state index is 12.0. The van der Waals surface area contributed by atoms with Gasteiger partial charge in [0.25, 0.3) is 0 Å². The molecule has 1 fully saturated rings. The van der Waals surface area contributed by atoms with E-state index in [0.29, 0.717) is 11.4 Å². The zero-order chi connectivity index (χ0) is 20.1. The van der Waals surface area contributed by atoms with E-state index in [-0.39, 0.29) is 5.92 Å². The normalized spacial score (nSPS) is 23.9. The topological polar surface area (TPSA) is 32.7 Å². The second-order valence-electron chi connectivity index (χ2n) is 8.03. The van der Waals surface area contributed by atoms with Gasteiger partial charge < -0.3 is 14.7 Å². The molecule has 2 aromatic carbocycles. The standard InChI is InChI=1S/C24H30ClNO2/c1-26(2)17-21-8-5-7-20(14-18-10-12-23(28-3)13-11-18)24(21,27)16-19-6-4-9-22(25)15-19/h4,6,9-15,21,27H,5,7-8,16-17H2,1-3H3/b20-14+. The molecule has 1 aliphatic carbocycles. The van der Waals surface area contributed by atoms with Crippen molar-refractivity contribution in [3.8, 4) is 5.75 Å². The van der Waals surface area contributed by atoms with Crippen LogP contribution in [0.1, 0.15) is 30.4 Å². The van der Waals surface area contributed by atoms with Crippen molar-refractivity contribution in [2.45, 2.75) is 31.3 Å². The quantitative estimate of drug-likeness (QED) is 0.736. The first-order valence-electron chi connectivity index (χ1n) is 9.87. The molecule has 150 valence electrons. The smallest absolute Gasteiger partial charge is 0.118 e. The molecule has 4 heteroatoms. The number of nitrogens with zero attached hydrogens (tertiary/aromatic N) is 1. The van der Waals surface area contributed by atoms with Gasteiger partial charge in [-0.05, 0) is 74.3 Å². The molecule has 3 nitrogen and oxygen atoms in total. The highest BCUT2D eigenvalue weighted by atomic mass is 35.5. The number of hydrogen-bond acceptors (Lipinski definition) is 3. The fraction of sp³-hybridized carbons (Fsp3) is 0.417. The Morgan fingerprint density at radius 2 is 1.96 bits per heavy atom. The molecule has 0 heterocycles. The van der Waals surface area contributed by atoms with Crippen molar-refractivity contribution < 1.29 is 9.84 Å². The molecular formula is C24H30ClNO2. The number of halogens is 1. The Labute approximate surface area is 173 Å². The average Bonchev–Trinajstić information content (AvgIpc) is 2.65. The van der Waals surface area contributed by atoms with Crippen molar-refractivity contribution >= 4 is 17.7 Å². The first-order valence-corrected chi connectivity index (χ1v) is 10.2. The number of hydrogen-bond donors (Lipinski definition) is 1. The van der Waals surface area contributed by atoms with E-state index < -0.39 is 5.60 Å². The van der Waals surface area contributed by atoms with Gasteiger partial charge >= 0.3 is 0 Å². The molecule has 2 atom stereocenters. The van der Waals surface area contributed by atoms with E-state index in [9.17, 15) is 5.11 Å². The lowest BCUT2D eigenvalue weighted by atomic mass is 9.68. The monoisotopic (exact) mass is 399 g/mol. The second kappa shape index (κ2) is 9.13. The molecule has 3 rings (SSSR count). The SMILES string of the molecule is COc1ccc(/C=C2\CCCC(CN(C)C)C2(O)Cc2cccc(Cl)c2)cc1. The van der Waals surface area contributed by atoms with Crippen molar-refractivity contribution in [2.75, 3.05) is 27.7 Å². The number of ether oxygens (including phenoxy) is 1. The Hall–Kier alpha value is -1.81. The summed E-state index contributed by atoms with van der Waals surface area (Å²) in [5.41, 5.74) is 2.38. The summed E-state index contributed by atoms with van der Waals surface area (Å²) in [6, 6.07) is 15.9. The average molecular weight is 400 g/mol. The van der Waals surface area contributed by atoms with Gasteiger partial charge in [-0.25, -0.2) is 0 Å². The Bertz CT molecular complexity index is 816. The number of aliphatic hydroxyl groups is 1. The minimum Gasteiger partial charge on any atom is -0.497 e. The summed E-state index contributed by atoms with van der Waals surface area (Å²) in [6.45, 7) is 0.858. The Morgan fingerprint density at radius 3 is 2.61 bits per heavy atom. The first-order chi connectivity index (χ1) is 13.4. The molecule has 0 spiro atoms. The van der Waals surface area contributed by atoms with E-state index in [1.54, 1.807) is 7.11 Å². The molecule has 0 saturated heterocycles. The minimum absolute atomic E-state index is 0.180. The van der Waals surface area contributed by atoms with E-state index in [2.05, 4.69) is 31.1 Å². The van der Waals surface area contributed by atoms with Crippen molar-refractivity contribution in [1.82, 2.24) is 4.90 Å². The van der Waals surface area contributed by atoms with Gasteiger partial charge in [0.2, 0.25) is 0 Å². The van der Waals surface area contributed by atoms with E-state index >= 15 is 0 Å². The molecule has 0 aromatic heterocycles. The molecule has 1 saturated carbocycles. The molecule has 0 radical (unpaired) electrons. The van der Waals surface area contributed by atoms with E-state index in [0.717, 1.165) is 48.3 Å². The molecular weight excluding hydrogens is 370 g/mol. The lowest BCUT2D eigenvalue weighted by Crippen LogP contribution is -2.48. The van der Waals surface area contributed by atoms with Crippen molar-refractivity contribution in [1.29, 1.82) is 0 Å². The van der Waals surface area contributed by atoms with Crippen LogP contribution in [0.25, 0.3) is 6.08 Å².